The van der Waals surface area contributed by atoms with E-state index in [1.54, 1.807) is 4.90 Å². The second kappa shape index (κ2) is 5.32. The third-order valence-electron chi connectivity index (χ3n) is 2.94. The normalized spacial score (nSPS) is 11.4. The van der Waals surface area contributed by atoms with E-state index in [-0.39, 0.29) is 11.3 Å². The van der Waals surface area contributed by atoms with E-state index >= 15 is 0 Å². The SMILES string of the molecule is Cc1ccccc1C(=O)N(C)CC(C)(C)CN. The second-order valence-corrected chi connectivity index (χ2v) is 5.34. The number of carbonyl (C=O) groups is 1. The highest BCUT2D eigenvalue weighted by atomic mass is 16.2. The average Bonchev–Trinajstić information content (AvgIpc) is 2.28. The van der Waals surface area contributed by atoms with Crippen LogP contribution in [0.25, 0.3) is 0 Å². The zero-order valence-electron chi connectivity index (χ0n) is 11.2. The molecule has 0 atom stereocenters. The first kappa shape index (κ1) is 13.7. The first-order valence-corrected chi connectivity index (χ1v) is 5.88. The summed E-state index contributed by atoms with van der Waals surface area (Å²) < 4.78 is 0. The predicted octanol–water partition coefficient (Wildman–Crippen LogP) is 2.05. The molecule has 1 aromatic carbocycles. The summed E-state index contributed by atoms with van der Waals surface area (Å²) >= 11 is 0. The number of nitrogens with zero attached hydrogens (tertiary/aromatic N) is 1. The molecule has 3 heteroatoms. The Kier molecular flexibility index (Phi) is 4.29. The van der Waals surface area contributed by atoms with Crippen molar-refractivity contribution in [3.05, 3.63) is 35.4 Å². The summed E-state index contributed by atoms with van der Waals surface area (Å²) in [6.45, 7) is 7.31. The van der Waals surface area contributed by atoms with Crippen molar-refractivity contribution in [2.24, 2.45) is 11.1 Å². The van der Waals surface area contributed by atoms with Gasteiger partial charge in [0.2, 0.25) is 0 Å². The summed E-state index contributed by atoms with van der Waals surface area (Å²) in [5.41, 5.74) is 7.41. The van der Waals surface area contributed by atoms with Gasteiger partial charge in [0.25, 0.3) is 5.91 Å². The van der Waals surface area contributed by atoms with E-state index in [0.29, 0.717) is 13.1 Å². The van der Waals surface area contributed by atoms with E-state index in [9.17, 15) is 4.79 Å². The third kappa shape index (κ3) is 3.56. The Labute approximate surface area is 104 Å². The van der Waals surface area contributed by atoms with Gasteiger partial charge in [-0.25, -0.2) is 0 Å². The van der Waals surface area contributed by atoms with Crippen molar-refractivity contribution in [3.63, 3.8) is 0 Å². The topological polar surface area (TPSA) is 46.3 Å². The van der Waals surface area contributed by atoms with Gasteiger partial charge in [-0.3, -0.25) is 4.79 Å². The molecule has 0 aromatic heterocycles. The minimum Gasteiger partial charge on any atom is -0.341 e. The van der Waals surface area contributed by atoms with Gasteiger partial charge in [0, 0.05) is 19.2 Å². The number of amides is 1. The standard InChI is InChI=1S/C14H22N2O/c1-11-7-5-6-8-12(11)13(17)16(4)10-14(2,3)9-15/h5-8H,9-10,15H2,1-4H3. The monoisotopic (exact) mass is 234 g/mol. The van der Waals surface area contributed by atoms with Gasteiger partial charge in [-0.15, -0.1) is 0 Å². The lowest BCUT2D eigenvalue weighted by molar-refractivity contribution is 0.0740. The van der Waals surface area contributed by atoms with E-state index in [0.717, 1.165) is 11.1 Å². The fourth-order valence-corrected chi connectivity index (χ4v) is 1.80. The molecule has 0 saturated heterocycles. The van der Waals surface area contributed by atoms with E-state index in [1.807, 2.05) is 38.2 Å². The van der Waals surface area contributed by atoms with Crippen LogP contribution in [0.1, 0.15) is 29.8 Å². The molecule has 0 unspecified atom stereocenters. The van der Waals surface area contributed by atoms with Gasteiger partial charge in [-0.2, -0.15) is 0 Å². The summed E-state index contributed by atoms with van der Waals surface area (Å²) in [6.07, 6.45) is 0. The van der Waals surface area contributed by atoms with E-state index in [1.165, 1.54) is 0 Å². The maximum atomic E-state index is 12.2. The van der Waals surface area contributed by atoms with Crippen LogP contribution in [0.2, 0.25) is 0 Å². The van der Waals surface area contributed by atoms with Gasteiger partial charge in [0.05, 0.1) is 0 Å². The van der Waals surface area contributed by atoms with Crippen LogP contribution in [0.5, 0.6) is 0 Å². The van der Waals surface area contributed by atoms with Crippen molar-refractivity contribution in [2.45, 2.75) is 20.8 Å². The van der Waals surface area contributed by atoms with Gasteiger partial charge >= 0.3 is 0 Å². The Bertz CT molecular complexity index is 399. The van der Waals surface area contributed by atoms with Crippen molar-refractivity contribution in [1.29, 1.82) is 0 Å². The second-order valence-electron chi connectivity index (χ2n) is 5.34. The highest BCUT2D eigenvalue weighted by molar-refractivity contribution is 5.95. The quantitative estimate of drug-likeness (QED) is 0.866. The molecule has 0 saturated carbocycles. The van der Waals surface area contributed by atoms with Crippen LogP contribution in [-0.2, 0) is 0 Å². The minimum atomic E-state index is -0.0485. The molecule has 17 heavy (non-hydrogen) atoms. The first-order valence-electron chi connectivity index (χ1n) is 5.88. The summed E-state index contributed by atoms with van der Waals surface area (Å²) in [5.74, 6) is 0.0598. The van der Waals surface area contributed by atoms with E-state index in [2.05, 4.69) is 13.8 Å². The van der Waals surface area contributed by atoms with Crippen LogP contribution < -0.4 is 5.73 Å². The fraction of sp³-hybridized carbons (Fsp3) is 0.500. The van der Waals surface area contributed by atoms with Gasteiger partial charge in [-0.05, 0) is 30.5 Å². The van der Waals surface area contributed by atoms with Crippen LogP contribution in [-0.4, -0.2) is 30.9 Å². The van der Waals surface area contributed by atoms with Gasteiger partial charge in [0.15, 0.2) is 0 Å². The van der Waals surface area contributed by atoms with E-state index in [4.69, 9.17) is 5.73 Å². The molecular formula is C14H22N2O. The molecule has 2 N–H and O–H groups in total. The molecule has 0 fully saturated rings. The van der Waals surface area contributed by atoms with Crippen LogP contribution in [0.15, 0.2) is 24.3 Å². The smallest absolute Gasteiger partial charge is 0.253 e. The van der Waals surface area contributed by atoms with Gasteiger partial charge in [0.1, 0.15) is 0 Å². The number of carbonyl (C=O) groups excluding carboxylic acids is 1. The maximum Gasteiger partial charge on any atom is 0.253 e. The summed E-state index contributed by atoms with van der Waals surface area (Å²) in [6, 6.07) is 7.65. The lowest BCUT2D eigenvalue weighted by atomic mass is 9.93. The van der Waals surface area contributed by atoms with Crippen LogP contribution >= 0.6 is 0 Å². The Morgan fingerprint density at radius 2 is 1.94 bits per heavy atom. The van der Waals surface area contributed by atoms with Crippen molar-refractivity contribution < 1.29 is 4.79 Å². The molecule has 0 aliphatic rings. The maximum absolute atomic E-state index is 12.2. The molecule has 1 aromatic rings. The first-order chi connectivity index (χ1) is 7.87. The Morgan fingerprint density at radius 1 is 1.35 bits per heavy atom. The third-order valence-corrected chi connectivity index (χ3v) is 2.94. The van der Waals surface area contributed by atoms with Crippen molar-refractivity contribution in [2.75, 3.05) is 20.1 Å². The van der Waals surface area contributed by atoms with Crippen molar-refractivity contribution in [1.82, 2.24) is 4.90 Å². The largest absolute Gasteiger partial charge is 0.341 e. The molecule has 0 radical (unpaired) electrons. The van der Waals surface area contributed by atoms with Crippen LogP contribution in [0.3, 0.4) is 0 Å². The molecule has 0 aliphatic heterocycles. The predicted molar refractivity (Wildman–Crippen MR) is 71.0 cm³/mol. The molecule has 0 bridgehead atoms. The van der Waals surface area contributed by atoms with Gasteiger partial charge < -0.3 is 10.6 Å². The summed E-state index contributed by atoms with van der Waals surface area (Å²) in [7, 11) is 1.83. The van der Waals surface area contributed by atoms with Crippen molar-refractivity contribution in [3.8, 4) is 0 Å². The lowest BCUT2D eigenvalue weighted by Gasteiger charge is -2.29. The molecule has 3 nitrogen and oxygen atoms in total. The van der Waals surface area contributed by atoms with Crippen LogP contribution in [0.4, 0.5) is 0 Å². The number of hydrogen-bond donors (Lipinski definition) is 1. The molecule has 94 valence electrons. The highest BCUT2D eigenvalue weighted by Crippen LogP contribution is 2.16. The number of nitrogens with two attached hydrogens (primary N) is 1. The molecule has 1 amide bonds. The number of benzene rings is 1. The Balaban J connectivity index is 2.81. The fourth-order valence-electron chi connectivity index (χ4n) is 1.80. The van der Waals surface area contributed by atoms with E-state index < -0.39 is 0 Å². The molecule has 0 spiro atoms. The number of aryl methyl sites for hydroxylation is 1. The number of hydrogen-bond acceptors (Lipinski definition) is 2. The zero-order valence-corrected chi connectivity index (χ0v) is 11.2. The molecular weight excluding hydrogens is 212 g/mol. The average molecular weight is 234 g/mol. The molecule has 0 heterocycles. The molecule has 1 rings (SSSR count). The number of rotatable bonds is 4. The summed E-state index contributed by atoms with van der Waals surface area (Å²) in [4.78, 5) is 14.0. The summed E-state index contributed by atoms with van der Waals surface area (Å²) in [5, 5.41) is 0. The highest BCUT2D eigenvalue weighted by Gasteiger charge is 2.22. The van der Waals surface area contributed by atoms with Crippen LogP contribution in [0, 0.1) is 12.3 Å². The Morgan fingerprint density at radius 3 is 2.47 bits per heavy atom. The van der Waals surface area contributed by atoms with Gasteiger partial charge in [-0.1, -0.05) is 32.0 Å². The lowest BCUT2D eigenvalue weighted by Crippen LogP contribution is -2.39. The Hall–Kier alpha value is -1.35. The minimum absolute atomic E-state index is 0.0485. The molecule has 0 aliphatic carbocycles. The van der Waals surface area contributed by atoms with Crippen molar-refractivity contribution >= 4 is 5.91 Å². The zero-order chi connectivity index (χ0) is 13.1.